The van der Waals surface area contributed by atoms with Gasteiger partial charge >= 0.3 is 0 Å². The molecule has 0 N–H and O–H groups in total. The van der Waals surface area contributed by atoms with E-state index in [0.29, 0.717) is 5.56 Å². The lowest BCUT2D eigenvalue weighted by Crippen LogP contribution is -2.41. The van der Waals surface area contributed by atoms with Gasteiger partial charge in [0.2, 0.25) is 0 Å². The Hall–Kier alpha value is -0.680. The van der Waals surface area contributed by atoms with E-state index in [-0.39, 0.29) is 12.2 Å². The van der Waals surface area contributed by atoms with Gasteiger partial charge in [0, 0.05) is 11.3 Å². The Labute approximate surface area is 110 Å². The van der Waals surface area contributed by atoms with E-state index in [2.05, 4.69) is 15.9 Å². The topological polar surface area (TPSA) is 51.2 Å². The van der Waals surface area contributed by atoms with Crippen LogP contribution in [0.2, 0.25) is 0 Å². The molecule has 0 bridgehead atoms. The van der Waals surface area contributed by atoms with E-state index in [1.165, 1.54) is 0 Å². The van der Waals surface area contributed by atoms with Gasteiger partial charge in [-0.05, 0) is 6.42 Å². The molecule has 1 aromatic carbocycles. The Morgan fingerprint density at radius 2 is 1.76 bits per heavy atom. The van der Waals surface area contributed by atoms with E-state index < -0.39 is 19.3 Å². The summed E-state index contributed by atoms with van der Waals surface area (Å²) < 4.78 is 22.5. The summed E-state index contributed by atoms with van der Waals surface area (Å²) in [7, 11) is -3.49. The Morgan fingerprint density at radius 1 is 1.24 bits per heavy atom. The van der Waals surface area contributed by atoms with Crippen LogP contribution in [0.4, 0.5) is 0 Å². The first-order valence-electron chi connectivity index (χ1n) is 5.40. The maximum atomic E-state index is 12.3. The quantitative estimate of drug-likeness (QED) is 0.619. The zero-order valence-corrected chi connectivity index (χ0v) is 12.2. The molecule has 0 amide bonds. The molecule has 5 heteroatoms. The van der Waals surface area contributed by atoms with Gasteiger partial charge in [-0.1, -0.05) is 60.1 Å². The third kappa shape index (κ3) is 2.60. The predicted octanol–water partition coefficient (Wildman–Crippen LogP) is 2.81. The zero-order chi connectivity index (χ0) is 13.1. The SMILES string of the molecule is CC[C@@](Br)(C(=O)c1ccccc1)S(=O)(=O)CC. The van der Waals surface area contributed by atoms with Crippen LogP contribution in [0.25, 0.3) is 0 Å². The Morgan fingerprint density at radius 3 is 2.18 bits per heavy atom. The average molecular weight is 319 g/mol. The number of Topliss-reactive ketones (excluding diaryl/α,β-unsaturated/α-hetero) is 1. The lowest BCUT2D eigenvalue weighted by atomic mass is 10.1. The van der Waals surface area contributed by atoms with Crippen molar-refractivity contribution in [3.63, 3.8) is 0 Å². The molecule has 0 unspecified atom stereocenters. The number of alkyl halides is 1. The van der Waals surface area contributed by atoms with Crippen molar-refractivity contribution >= 4 is 31.6 Å². The van der Waals surface area contributed by atoms with E-state index >= 15 is 0 Å². The summed E-state index contributed by atoms with van der Waals surface area (Å²) in [6.45, 7) is 3.22. The lowest BCUT2D eigenvalue weighted by molar-refractivity contribution is 0.0976. The maximum absolute atomic E-state index is 12.3. The molecule has 0 saturated heterocycles. The second-order valence-electron chi connectivity index (χ2n) is 3.68. The molecular formula is C12H15BrO3S. The van der Waals surface area contributed by atoms with Crippen LogP contribution in [0.15, 0.2) is 30.3 Å². The van der Waals surface area contributed by atoms with Crippen molar-refractivity contribution in [2.75, 3.05) is 5.75 Å². The number of hydrogen-bond acceptors (Lipinski definition) is 3. The zero-order valence-electron chi connectivity index (χ0n) is 9.81. The molecule has 94 valence electrons. The van der Waals surface area contributed by atoms with Crippen molar-refractivity contribution < 1.29 is 13.2 Å². The summed E-state index contributed by atoms with van der Waals surface area (Å²) in [4.78, 5) is 12.3. The van der Waals surface area contributed by atoms with Gasteiger partial charge in [0.1, 0.15) is 0 Å². The van der Waals surface area contributed by atoms with Gasteiger partial charge in [-0.25, -0.2) is 8.42 Å². The molecule has 0 saturated carbocycles. The normalized spacial score (nSPS) is 15.2. The minimum atomic E-state index is -3.49. The van der Waals surface area contributed by atoms with E-state index in [0.717, 1.165) is 0 Å². The van der Waals surface area contributed by atoms with Gasteiger partial charge in [-0.2, -0.15) is 0 Å². The van der Waals surface area contributed by atoms with E-state index in [4.69, 9.17) is 0 Å². The highest BCUT2D eigenvalue weighted by Crippen LogP contribution is 2.33. The summed E-state index contributed by atoms with van der Waals surface area (Å²) in [5.41, 5.74) is 0.406. The van der Waals surface area contributed by atoms with Crippen LogP contribution in [0, 0.1) is 0 Å². The molecule has 0 fully saturated rings. The molecule has 1 aromatic rings. The number of halogens is 1. The number of benzene rings is 1. The van der Waals surface area contributed by atoms with Crippen LogP contribution in [0.3, 0.4) is 0 Å². The molecule has 0 aliphatic carbocycles. The fourth-order valence-electron chi connectivity index (χ4n) is 1.56. The second kappa shape index (κ2) is 5.31. The van der Waals surface area contributed by atoms with Gasteiger partial charge in [0.15, 0.2) is 19.3 Å². The first-order chi connectivity index (χ1) is 7.89. The highest BCUT2D eigenvalue weighted by molar-refractivity contribution is 9.12. The molecule has 0 aromatic heterocycles. The molecule has 1 atom stereocenters. The molecule has 0 aliphatic heterocycles. The van der Waals surface area contributed by atoms with Crippen molar-refractivity contribution in [2.24, 2.45) is 0 Å². The smallest absolute Gasteiger partial charge is 0.194 e. The standard InChI is InChI=1S/C12H15BrO3S/c1-3-12(13,17(15,16)4-2)11(14)10-8-6-5-7-9-10/h5-9H,3-4H2,1-2H3/t12-/m0/s1. The van der Waals surface area contributed by atoms with Crippen molar-refractivity contribution in [3.05, 3.63) is 35.9 Å². The van der Waals surface area contributed by atoms with E-state index in [1.54, 1.807) is 44.2 Å². The molecule has 3 nitrogen and oxygen atoms in total. The minimum Gasteiger partial charge on any atom is -0.291 e. The number of carbonyl (C=O) groups is 1. The Bertz CT molecular complexity index is 496. The Kier molecular flexibility index (Phi) is 4.49. The minimum absolute atomic E-state index is 0.0648. The molecule has 0 heterocycles. The van der Waals surface area contributed by atoms with Crippen LogP contribution in [-0.2, 0) is 9.84 Å². The molecule has 0 spiro atoms. The summed E-state index contributed by atoms with van der Waals surface area (Å²) >= 11 is 3.13. The number of rotatable bonds is 5. The largest absolute Gasteiger partial charge is 0.291 e. The summed E-state index contributed by atoms with van der Waals surface area (Å²) in [5, 5.41) is 0. The highest BCUT2D eigenvalue weighted by atomic mass is 79.9. The number of ketones is 1. The van der Waals surface area contributed by atoms with Gasteiger partial charge in [0.05, 0.1) is 0 Å². The van der Waals surface area contributed by atoms with Gasteiger partial charge in [-0.3, -0.25) is 4.79 Å². The van der Waals surface area contributed by atoms with Crippen LogP contribution in [0.1, 0.15) is 30.6 Å². The molecule has 1 rings (SSSR count). The van der Waals surface area contributed by atoms with Crippen LogP contribution < -0.4 is 0 Å². The highest BCUT2D eigenvalue weighted by Gasteiger charge is 2.45. The summed E-state index contributed by atoms with van der Waals surface area (Å²) in [6.07, 6.45) is 0.205. The first-order valence-corrected chi connectivity index (χ1v) is 7.84. The number of sulfone groups is 1. The van der Waals surface area contributed by atoms with E-state index in [1.807, 2.05) is 0 Å². The van der Waals surface area contributed by atoms with Gasteiger partial charge in [-0.15, -0.1) is 0 Å². The lowest BCUT2D eigenvalue weighted by Gasteiger charge is -2.23. The predicted molar refractivity (Wildman–Crippen MR) is 72.2 cm³/mol. The van der Waals surface area contributed by atoms with Gasteiger partial charge < -0.3 is 0 Å². The molecule has 0 radical (unpaired) electrons. The first kappa shape index (κ1) is 14.4. The van der Waals surface area contributed by atoms with Crippen molar-refractivity contribution in [1.82, 2.24) is 0 Å². The third-order valence-electron chi connectivity index (χ3n) is 2.70. The summed E-state index contributed by atoms with van der Waals surface area (Å²) in [5.74, 6) is -0.465. The molecule has 0 aliphatic rings. The average Bonchev–Trinajstić information content (AvgIpc) is 2.37. The summed E-state index contributed by atoms with van der Waals surface area (Å²) in [6, 6.07) is 8.47. The van der Waals surface area contributed by atoms with Crippen molar-refractivity contribution in [3.8, 4) is 0 Å². The van der Waals surface area contributed by atoms with E-state index in [9.17, 15) is 13.2 Å². The monoisotopic (exact) mass is 318 g/mol. The molecular weight excluding hydrogens is 304 g/mol. The van der Waals surface area contributed by atoms with Crippen molar-refractivity contribution in [1.29, 1.82) is 0 Å². The second-order valence-corrected chi connectivity index (χ2v) is 8.06. The maximum Gasteiger partial charge on any atom is 0.194 e. The van der Waals surface area contributed by atoms with Crippen molar-refractivity contribution in [2.45, 2.75) is 23.9 Å². The fourth-order valence-corrected chi connectivity index (χ4v) is 3.77. The number of hydrogen-bond donors (Lipinski definition) is 0. The fraction of sp³-hybridized carbons (Fsp3) is 0.417. The van der Waals surface area contributed by atoms with Gasteiger partial charge in [0.25, 0.3) is 0 Å². The molecule has 17 heavy (non-hydrogen) atoms. The van der Waals surface area contributed by atoms with Crippen LogP contribution in [-0.4, -0.2) is 23.6 Å². The number of carbonyl (C=O) groups excluding carboxylic acids is 1. The Balaban J connectivity index is 3.26. The van der Waals surface area contributed by atoms with Crippen LogP contribution >= 0.6 is 15.9 Å². The van der Waals surface area contributed by atoms with Crippen LogP contribution in [0.5, 0.6) is 0 Å². The third-order valence-corrected chi connectivity index (χ3v) is 7.32.